The van der Waals surface area contributed by atoms with Crippen LogP contribution in [0.1, 0.15) is 26.3 Å². The maximum atomic E-state index is 5.72. The minimum atomic E-state index is 0.200. The van der Waals surface area contributed by atoms with Gasteiger partial charge in [0.1, 0.15) is 5.75 Å². The van der Waals surface area contributed by atoms with Gasteiger partial charge < -0.3 is 4.74 Å². The number of rotatable bonds is 2. The van der Waals surface area contributed by atoms with Crippen LogP contribution in [-0.2, 0) is 0 Å². The zero-order chi connectivity index (χ0) is 10.8. The van der Waals surface area contributed by atoms with Gasteiger partial charge >= 0.3 is 0 Å². The van der Waals surface area contributed by atoms with Crippen LogP contribution < -0.4 is 4.74 Å². The minimum Gasteiger partial charge on any atom is -0.493 e. The molecule has 1 aromatic rings. The van der Waals surface area contributed by atoms with Gasteiger partial charge in [0, 0.05) is 4.90 Å². The SMILES string of the molecule is Cc1cc(S)ccc1OCC(C)(C)C. The fourth-order valence-corrected chi connectivity index (χ4v) is 1.36. The topological polar surface area (TPSA) is 9.23 Å². The number of aryl methyl sites for hydroxylation is 1. The molecule has 0 unspecified atom stereocenters. The van der Waals surface area contributed by atoms with Gasteiger partial charge in [0.2, 0.25) is 0 Å². The van der Waals surface area contributed by atoms with Crippen LogP contribution in [0.3, 0.4) is 0 Å². The van der Waals surface area contributed by atoms with Gasteiger partial charge in [0.25, 0.3) is 0 Å². The predicted octanol–water partition coefficient (Wildman–Crippen LogP) is 3.71. The Kier molecular flexibility index (Phi) is 3.48. The first-order valence-electron chi connectivity index (χ1n) is 4.81. The van der Waals surface area contributed by atoms with E-state index in [0.29, 0.717) is 0 Å². The number of hydrogen-bond donors (Lipinski definition) is 1. The molecule has 0 amide bonds. The average Bonchev–Trinajstić information content (AvgIpc) is 2.00. The number of hydrogen-bond acceptors (Lipinski definition) is 2. The molecule has 78 valence electrons. The van der Waals surface area contributed by atoms with Crippen molar-refractivity contribution in [3.8, 4) is 5.75 Å². The molecule has 0 radical (unpaired) electrons. The van der Waals surface area contributed by atoms with Crippen LogP contribution in [0.4, 0.5) is 0 Å². The van der Waals surface area contributed by atoms with Crippen LogP contribution in [0, 0.1) is 12.3 Å². The van der Waals surface area contributed by atoms with Crippen LogP contribution in [0.2, 0.25) is 0 Å². The Labute approximate surface area is 91.9 Å². The predicted molar refractivity (Wildman–Crippen MR) is 63.4 cm³/mol. The molecule has 0 fully saturated rings. The van der Waals surface area contributed by atoms with Crippen molar-refractivity contribution in [2.24, 2.45) is 5.41 Å². The van der Waals surface area contributed by atoms with Crippen LogP contribution in [0.5, 0.6) is 5.75 Å². The maximum Gasteiger partial charge on any atom is 0.122 e. The molecule has 0 saturated heterocycles. The van der Waals surface area contributed by atoms with E-state index < -0.39 is 0 Å². The minimum absolute atomic E-state index is 0.200. The Morgan fingerprint density at radius 1 is 1.29 bits per heavy atom. The summed E-state index contributed by atoms with van der Waals surface area (Å²) in [4.78, 5) is 0.977. The number of ether oxygens (including phenoxy) is 1. The van der Waals surface area contributed by atoms with Crippen molar-refractivity contribution in [3.63, 3.8) is 0 Å². The molecule has 0 aliphatic carbocycles. The highest BCUT2D eigenvalue weighted by Gasteiger charge is 2.11. The van der Waals surface area contributed by atoms with Crippen molar-refractivity contribution in [2.75, 3.05) is 6.61 Å². The van der Waals surface area contributed by atoms with Gasteiger partial charge in [-0.3, -0.25) is 0 Å². The summed E-state index contributed by atoms with van der Waals surface area (Å²) in [5, 5.41) is 0. The zero-order valence-corrected chi connectivity index (χ0v) is 10.2. The second-order valence-corrected chi connectivity index (χ2v) is 5.32. The van der Waals surface area contributed by atoms with Crippen molar-refractivity contribution in [3.05, 3.63) is 23.8 Å². The van der Waals surface area contributed by atoms with Crippen LogP contribution >= 0.6 is 12.6 Å². The molecule has 0 aromatic heterocycles. The first kappa shape index (κ1) is 11.4. The van der Waals surface area contributed by atoms with Crippen LogP contribution in [-0.4, -0.2) is 6.61 Å². The second-order valence-electron chi connectivity index (χ2n) is 4.80. The number of thiol groups is 1. The summed E-state index contributed by atoms with van der Waals surface area (Å²) in [6.45, 7) is 9.26. The average molecular weight is 210 g/mol. The van der Waals surface area contributed by atoms with Crippen molar-refractivity contribution in [1.29, 1.82) is 0 Å². The maximum absolute atomic E-state index is 5.72. The third kappa shape index (κ3) is 3.62. The van der Waals surface area contributed by atoms with Crippen molar-refractivity contribution < 1.29 is 4.74 Å². The van der Waals surface area contributed by atoms with E-state index in [-0.39, 0.29) is 5.41 Å². The van der Waals surface area contributed by atoms with E-state index in [4.69, 9.17) is 4.74 Å². The summed E-state index contributed by atoms with van der Waals surface area (Å²) < 4.78 is 5.72. The summed E-state index contributed by atoms with van der Waals surface area (Å²) in [7, 11) is 0. The van der Waals surface area contributed by atoms with E-state index in [1.54, 1.807) is 0 Å². The van der Waals surface area contributed by atoms with Crippen molar-refractivity contribution in [2.45, 2.75) is 32.6 Å². The Hall–Kier alpha value is -0.630. The van der Waals surface area contributed by atoms with Gasteiger partial charge in [0.05, 0.1) is 6.61 Å². The van der Waals surface area contributed by atoms with Gasteiger partial charge in [-0.1, -0.05) is 20.8 Å². The summed E-state index contributed by atoms with van der Waals surface area (Å²) in [6.07, 6.45) is 0. The monoisotopic (exact) mass is 210 g/mol. The van der Waals surface area contributed by atoms with E-state index in [1.807, 2.05) is 25.1 Å². The van der Waals surface area contributed by atoms with Crippen molar-refractivity contribution in [1.82, 2.24) is 0 Å². The van der Waals surface area contributed by atoms with Crippen LogP contribution in [0.15, 0.2) is 23.1 Å². The van der Waals surface area contributed by atoms with Crippen molar-refractivity contribution >= 4 is 12.6 Å². The Morgan fingerprint density at radius 3 is 2.43 bits per heavy atom. The highest BCUT2D eigenvalue weighted by atomic mass is 32.1. The van der Waals surface area contributed by atoms with E-state index in [1.165, 1.54) is 0 Å². The summed E-state index contributed by atoms with van der Waals surface area (Å²) >= 11 is 4.27. The molecule has 1 rings (SSSR count). The third-order valence-corrected chi connectivity index (χ3v) is 2.10. The summed E-state index contributed by atoms with van der Waals surface area (Å²) in [5.41, 5.74) is 1.34. The Balaban J connectivity index is 2.68. The molecular formula is C12H18OS. The van der Waals surface area contributed by atoms with Gasteiger partial charge in [-0.25, -0.2) is 0 Å². The lowest BCUT2D eigenvalue weighted by molar-refractivity contribution is 0.197. The molecule has 0 heterocycles. The first-order chi connectivity index (χ1) is 6.38. The largest absolute Gasteiger partial charge is 0.493 e. The second kappa shape index (κ2) is 4.26. The van der Waals surface area contributed by atoms with Gasteiger partial charge in [-0.15, -0.1) is 12.6 Å². The molecule has 0 N–H and O–H groups in total. The lowest BCUT2D eigenvalue weighted by Gasteiger charge is -2.19. The van der Waals surface area contributed by atoms with E-state index >= 15 is 0 Å². The standard InChI is InChI=1S/C12H18OS/c1-9-7-10(14)5-6-11(9)13-8-12(2,3)4/h5-7,14H,8H2,1-4H3. The van der Waals surface area contributed by atoms with E-state index in [9.17, 15) is 0 Å². The lowest BCUT2D eigenvalue weighted by atomic mass is 9.99. The quantitative estimate of drug-likeness (QED) is 0.732. The van der Waals surface area contributed by atoms with Crippen LogP contribution in [0.25, 0.3) is 0 Å². The summed E-state index contributed by atoms with van der Waals surface area (Å²) in [5.74, 6) is 0.956. The summed E-state index contributed by atoms with van der Waals surface area (Å²) in [6, 6.07) is 5.94. The Morgan fingerprint density at radius 2 is 1.93 bits per heavy atom. The molecule has 2 heteroatoms. The highest BCUT2D eigenvalue weighted by Crippen LogP contribution is 2.23. The van der Waals surface area contributed by atoms with Gasteiger partial charge in [-0.05, 0) is 36.1 Å². The normalized spacial score (nSPS) is 11.5. The highest BCUT2D eigenvalue weighted by molar-refractivity contribution is 7.80. The molecule has 14 heavy (non-hydrogen) atoms. The molecular weight excluding hydrogens is 192 g/mol. The molecule has 1 aromatic carbocycles. The number of benzene rings is 1. The van der Waals surface area contributed by atoms with Gasteiger partial charge in [-0.2, -0.15) is 0 Å². The van der Waals surface area contributed by atoms with Gasteiger partial charge in [0.15, 0.2) is 0 Å². The fourth-order valence-electron chi connectivity index (χ4n) is 1.09. The van der Waals surface area contributed by atoms with E-state index in [2.05, 4.69) is 33.4 Å². The lowest BCUT2D eigenvalue weighted by Crippen LogP contribution is -2.17. The zero-order valence-electron chi connectivity index (χ0n) is 9.29. The Bertz CT molecular complexity index is 313. The third-order valence-electron chi connectivity index (χ3n) is 1.82. The molecule has 0 atom stereocenters. The molecule has 1 nitrogen and oxygen atoms in total. The first-order valence-corrected chi connectivity index (χ1v) is 5.26. The molecule has 0 aliphatic rings. The van der Waals surface area contributed by atoms with E-state index in [0.717, 1.165) is 22.8 Å². The fraction of sp³-hybridized carbons (Fsp3) is 0.500. The molecule has 0 saturated carbocycles. The smallest absolute Gasteiger partial charge is 0.122 e. The molecule has 0 aliphatic heterocycles. The molecule has 0 spiro atoms. The molecule has 0 bridgehead atoms.